The van der Waals surface area contributed by atoms with E-state index in [1.807, 2.05) is 7.05 Å². The Kier molecular flexibility index (Phi) is 2.46. The summed E-state index contributed by atoms with van der Waals surface area (Å²) in [6, 6.07) is 0. The molecule has 1 aromatic heterocycles. The molecular formula is C9H15N3O2S. The third kappa shape index (κ3) is 2.14. The second kappa shape index (κ2) is 3.52. The quantitative estimate of drug-likeness (QED) is 0.810. The van der Waals surface area contributed by atoms with E-state index in [1.54, 1.807) is 4.68 Å². The molecule has 0 saturated carbocycles. The molecule has 15 heavy (non-hydrogen) atoms. The van der Waals surface area contributed by atoms with Crippen molar-refractivity contribution in [1.29, 1.82) is 0 Å². The van der Waals surface area contributed by atoms with E-state index in [1.165, 1.54) is 0 Å². The number of aryl methyl sites for hydroxylation is 1. The fraction of sp³-hybridized carbons (Fsp3) is 0.667. The highest BCUT2D eigenvalue weighted by Gasteiger charge is 2.20. The molecular weight excluding hydrogens is 214 g/mol. The second-order valence-electron chi connectivity index (χ2n) is 3.98. The highest BCUT2D eigenvalue weighted by Crippen LogP contribution is 2.27. The molecule has 0 aliphatic heterocycles. The first-order chi connectivity index (χ1) is 6.97. The van der Waals surface area contributed by atoms with Crippen LogP contribution < -0.4 is 4.72 Å². The van der Waals surface area contributed by atoms with Gasteiger partial charge in [-0.3, -0.25) is 9.40 Å². The van der Waals surface area contributed by atoms with Crippen LogP contribution in [0, 0.1) is 0 Å². The maximum Gasteiger partial charge on any atom is 0.231 e. The van der Waals surface area contributed by atoms with Gasteiger partial charge >= 0.3 is 0 Å². The van der Waals surface area contributed by atoms with Crippen LogP contribution >= 0.6 is 0 Å². The fourth-order valence-corrected chi connectivity index (χ4v) is 2.55. The predicted octanol–water partition coefficient (Wildman–Crippen LogP) is 0.670. The van der Waals surface area contributed by atoms with Crippen LogP contribution in [0.1, 0.15) is 24.1 Å². The summed E-state index contributed by atoms with van der Waals surface area (Å²) in [5, 5.41) is 4.20. The Hall–Kier alpha value is -1.04. The van der Waals surface area contributed by atoms with Gasteiger partial charge in [-0.05, 0) is 25.7 Å². The zero-order valence-electron chi connectivity index (χ0n) is 8.95. The number of aromatic nitrogens is 2. The smallest absolute Gasteiger partial charge is 0.231 e. The molecule has 84 valence electrons. The Morgan fingerprint density at radius 2 is 2.00 bits per heavy atom. The van der Waals surface area contributed by atoms with E-state index in [0.29, 0.717) is 5.82 Å². The highest BCUT2D eigenvalue weighted by molar-refractivity contribution is 7.92. The molecule has 1 aliphatic carbocycles. The molecule has 0 amide bonds. The SMILES string of the molecule is Cn1nc(NS(C)(=O)=O)c2c1CCCC2. The number of hydrogen-bond donors (Lipinski definition) is 1. The van der Waals surface area contributed by atoms with Crippen molar-refractivity contribution in [1.82, 2.24) is 9.78 Å². The third-order valence-electron chi connectivity index (χ3n) is 2.65. The maximum atomic E-state index is 11.1. The summed E-state index contributed by atoms with van der Waals surface area (Å²) in [5.41, 5.74) is 2.22. The third-order valence-corrected chi connectivity index (χ3v) is 3.21. The van der Waals surface area contributed by atoms with E-state index in [0.717, 1.165) is 43.2 Å². The molecule has 6 heteroatoms. The van der Waals surface area contributed by atoms with Gasteiger partial charge in [0.25, 0.3) is 0 Å². The Morgan fingerprint density at radius 3 is 2.67 bits per heavy atom. The maximum absolute atomic E-state index is 11.1. The minimum atomic E-state index is -3.22. The first kappa shape index (κ1) is 10.5. The van der Waals surface area contributed by atoms with Crippen LogP contribution in [0.5, 0.6) is 0 Å². The predicted molar refractivity (Wildman–Crippen MR) is 58.3 cm³/mol. The number of rotatable bonds is 2. The summed E-state index contributed by atoms with van der Waals surface area (Å²) in [4.78, 5) is 0. The average Bonchev–Trinajstić information content (AvgIpc) is 2.42. The van der Waals surface area contributed by atoms with E-state index >= 15 is 0 Å². The molecule has 1 aliphatic rings. The van der Waals surface area contributed by atoms with Crippen LogP contribution in [0.15, 0.2) is 0 Å². The lowest BCUT2D eigenvalue weighted by Gasteiger charge is -2.12. The topological polar surface area (TPSA) is 64.0 Å². The average molecular weight is 229 g/mol. The molecule has 0 unspecified atom stereocenters. The van der Waals surface area contributed by atoms with E-state index in [-0.39, 0.29) is 0 Å². The second-order valence-corrected chi connectivity index (χ2v) is 5.73. The minimum Gasteiger partial charge on any atom is -0.270 e. The van der Waals surface area contributed by atoms with Crippen molar-refractivity contribution in [3.05, 3.63) is 11.3 Å². The molecule has 0 fully saturated rings. The first-order valence-electron chi connectivity index (χ1n) is 5.00. The van der Waals surface area contributed by atoms with Gasteiger partial charge in [0.05, 0.1) is 6.26 Å². The van der Waals surface area contributed by atoms with Crippen LogP contribution in [0.25, 0.3) is 0 Å². The summed E-state index contributed by atoms with van der Waals surface area (Å²) in [6.07, 6.45) is 5.32. The normalized spacial score (nSPS) is 16.1. The van der Waals surface area contributed by atoms with E-state index in [2.05, 4.69) is 9.82 Å². The van der Waals surface area contributed by atoms with Crippen LogP contribution in [0.4, 0.5) is 5.82 Å². The Labute approximate surface area is 89.5 Å². The van der Waals surface area contributed by atoms with Crippen LogP contribution in [-0.4, -0.2) is 24.5 Å². The van der Waals surface area contributed by atoms with Gasteiger partial charge in [0, 0.05) is 18.3 Å². The van der Waals surface area contributed by atoms with E-state index < -0.39 is 10.0 Å². The number of nitrogens with one attached hydrogen (secondary N) is 1. The van der Waals surface area contributed by atoms with E-state index in [4.69, 9.17) is 0 Å². The van der Waals surface area contributed by atoms with Crippen LogP contribution in [-0.2, 0) is 29.9 Å². The lowest BCUT2D eigenvalue weighted by molar-refractivity contribution is 0.606. The molecule has 1 N–H and O–H groups in total. The molecule has 1 aromatic rings. The first-order valence-corrected chi connectivity index (χ1v) is 6.89. The van der Waals surface area contributed by atoms with Crippen molar-refractivity contribution < 1.29 is 8.42 Å². The number of anilines is 1. The van der Waals surface area contributed by atoms with Crippen molar-refractivity contribution >= 4 is 15.8 Å². The minimum absolute atomic E-state index is 0.509. The van der Waals surface area contributed by atoms with Crippen molar-refractivity contribution in [2.75, 3.05) is 11.0 Å². The summed E-state index contributed by atoms with van der Waals surface area (Å²) < 4.78 is 26.5. The van der Waals surface area contributed by atoms with Crippen molar-refractivity contribution in [3.63, 3.8) is 0 Å². The van der Waals surface area contributed by atoms with Crippen molar-refractivity contribution in [2.24, 2.45) is 7.05 Å². The van der Waals surface area contributed by atoms with E-state index in [9.17, 15) is 8.42 Å². The Balaban J connectivity index is 2.40. The molecule has 2 rings (SSSR count). The standard InChI is InChI=1S/C9H15N3O2S/c1-12-8-6-4-3-5-7(8)9(10-12)11-15(2,13)14/h3-6H2,1-2H3,(H,10,11). The van der Waals surface area contributed by atoms with Gasteiger partial charge in [-0.2, -0.15) is 5.10 Å². The monoisotopic (exact) mass is 229 g/mol. The van der Waals surface area contributed by atoms with Crippen molar-refractivity contribution in [2.45, 2.75) is 25.7 Å². The molecule has 5 nitrogen and oxygen atoms in total. The molecule has 0 aromatic carbocycles. The number of hydrogen-bond acceptors (Lipinski definition) is 3. The molecule has 0 bridgehead atoms. The zero-order valence-corrected chi connectivity index (χ0v) is 9.76. The number of fused-ring (bicyclic) bond motifs is 1. The van der Waals surface area contributed by atoms with Gasteiger partial charge < -0.3 is 0 Å². The number of nitrogens with zero attached hydrogens (tertiary/aromatic N) is 2. The summed E-state index contributed by atoms with van der Waals surface area (Å²) >= 11 is 0. The van der Waals surface area contributed by atoms with Gasteiger partial charge in [-0.15, -0.1) is 0 Å². The molecule has 0 spiro atoms. The zero-order chi connectivity index (χ0) is 11.1. The molecule has 0 saturated heterocycles. The Bertz CT molecular complexity index is 476. The van der Waals surface area contributed by atoms with Gasteiger partial charge in [0.15, 0.2) is 5.82 Å². The highest BCUT2D eigenvalue weighted by atomic mass is 32.2. The summed E-state index contributed by atoms with van der Waals surface area (Å²) in [7, 11) is -1.36. The van der Waals surface area contributed by atoms with Gasteiger partial charge in [0.1, 0.15) is 0 Å². The van der Waals surface area contributed by atoms with Crippen LogP contribution in [0.2, 0.25) is 0 Å². The molecule has 0 atom stereocenters. The fourth-order valence-electron chi connectivity index (χ4n) is 2.03. The summed E-state index contributed by atoms with van der Waals surface area (Å²) in [6.45, 7) is 0. The lowest BCUT2D eigenvalue weighted by atomic mass is 9.97. The summed E-state index contributed by atoms with van der Waals surface area (Å²) in [5.74, 6) is 0.509. The molecule has 1 heterocycles. The van der Waals surface area contributed by atoms with Crippen LogP contribution in [0.3, 0.4) is 0 Å². The van der Waals surface area contributed by atoms with Crippen molar-refractivity contribution in [3.8, 4) is 0 Å². The van der Waals surface area contributed by atoms with Gasteiger partial charge in [-0.25, -0.2) is 8.42 Å². The van der Waals surface area contributed by atoms with Gasteiger partial charge in [0.2, 0.25) is 10.0 Å². The largest absolute Gasteiger partial charge is 0.270 e. The van der Waals surface area contributed by atoms with Gasteiger partial charge in [-0.1, -0.05) is 0 Å². The Morgan fingerprint density at radius 1 is 1.33 bits per heavy atom. The lowest BCUT2D eigenvalue weighted by Crippen LogP contribution is -2.12. The number of sulfonamides is 1. The molecule has 0 radical (unpaired) electrons.